The Morgan fingerprint density at radius 2 is 1.69 bits per heavy atom. The Bertz CT molecular complexity index is 829. The Hall–Kier alpha value is -2.45. The fraction of sp³-hybridized carbons (Fsp3) is 0.278. The third-order valence-corrected chi connectivity index (χ3v) is 5.04. The summed E-state index contributed by atoms with van der Waals surface area (Å²) in [6, 6.07) is 14.8. The van der Waals surface area contributed by atoms with Gasteiger partial charge in [0, 0.05) is 25.3 Å². The zero-order valence-corrected chi connectivity index (χ0v) is 15.3. The predicted molar refractivity (Wildman–Crippen MR) is 100.0 cm³/mol. The average molecular weight is 379 g/mol. The van der Waals surface area contributed by atoms with Crippen LogP contribution in [0.15, 0.2) is 54.6 Å². The molecule has 8 heteroatoms. The van der Waals surface area contributed by atoms with E-state index in [1.165, 1.54) is 10.4 Å². The molecule has 140 valence electrons. The standard InChI is InChI=1S/C18H22FN3O3S/c1-26(24,25)22(13-11-15-7-5-6-10-17(15)19)14-12-20-18(23)21-16-8-3-2-4-9-16/h2-10H,11-14H2,1H3,(H2,20,21,23). The van der Waals surface area contributed by atoms with Crippen molar-refractivity contribution in [2.45, 2.75) is 6.42 Å². The minimum absolute atomic E-state index is 0.107. The third kappa shape index (κ3) is 6.45. The first-order valence-electron chi connectivity index (χ1n) is 8.14. The number of carbonyl (C=O) groups is 1. The van der Waals surface area contributed by atoms with Gasteiger partial charge in [-0.1, -0.05) is 36.4 Å². The van der Waals surface area contributed by atoms with Gasteiger partial charge in [-0.05, 0) is 30.2 Å². The van der Waals surface area contributed by atoms with Crippen LogP contribution in [0.3, 0.4) is 0 Å². The van der Waals surface area contributed by atoms with E-state index in [2.05, 4.69) is 10.6 Å². The first-order valence-corrected chi connectivity index (χ1v) is 9.99. The lowest BCUT2D eigenvalue weighted by molar-refractivity contribution is 0.251. The van der Waals surface area contributed by atoms with Crippen molar-refractivity contribution in [1.29, 1.82) is 0 Å². The van der Waals surface area contributed by atoms with Crippen molar-refractivity contribution in [2.24, 2.45) is 0 Å². The molecular formula is C18H22FN3O3S. The molecular weight excluding hydrogens is 357 g/mol. The molecule has 0 aliphatic heterocycles. The number of hydrogen-bond acceptors (Lipinski definition) is 3. The highest BCUT2D eigenvalue weighted by atomic mass is 32.2. The van der Waals surface area contributed by atoms with E-state index in [0.29, 0.717) is 11.3 Å². The highest BCUT2D eigenvalue weighted by Gasteiger charge is 2.17. The topological polar surface area (TPSA) is 78.5 Å². The predicted octanol–water partition coefficient (Wildman–Crippen LogP) is 2.45. The highest BCUT2D eigenvalue weighted by molar-refractivity contribution is 7.88. The lowest BCUT2D eigenvalue weighted by Crippen LogP contribution is -2.40. The summed E-state index contributed by atoms with van der Waals surface area (Å²) in [6.07, 6.45) is 1.36. The van der Waals surface area contributed by atoms with Gasteiger partial charge in [0.25, 0.3) is 0 Å². The monoisotopic (exact) mass is 379 g/mol. The average Bonchev–Trinajstić information content (AvgIpc) is 2.59. The molecule has 6 nitrogen and oxygen atoms in total. The number of benzene rings is 2. The van der Waals surface area contributed by atoms with E-state index in [-0.39, 0.29) is 31.9 Å². The van der Waals surface area contributed by atoms with Crippen molar-refractivity contribution in [2.75, 3.05) is 31.2 Å². The summed E-state index contributed by atoms with van der Waals surface area (Å²) in [4.78, 5) is 11.8. The molecule has 0 spiro atoms. The zero-order valence-electron chi connectivity index (χ0n) is 14.5. The van der Waals surface area contributed by atoms with Crippen molar-refractivity contribution in [3.05, 3.63) is 66.0 Å². The minimum atomic E-state index is -3.47. The Kier molecular flexibility index (Phi) is 7.11. The first-order chi connectivity index (χ1) is 12.4. The van der Waals surface area contributed by atoms with Gasteiger partial charge in [0.15, 0.2) is 0 Å². The molecule has 0 fully saturated rings. The van der Waals surface area contributed by atoms with E-state index >= 15 is 0 Å². The van der Waals surface area contributed by atoms with Crippen LogP contribution in [0.4, 0.5) is 14.9 Å². The van der Waals surface area contributed by atoms with Crippen LogP contribution in [-0.2, 0) is 16.4 Å². The summed E-state index contributed by atoms with van der Waals surface area (Å²) in [5, 5.41) is 5.27. The van der Waals surface area contributed by atoms with Gasteiger partial charge in [-0.25, -0.2) is 21.9 Å². The van der Waals surface area contributed by atoms with Crippen LogP contribution in [0.25, 0.3) is 0 Å². The van der Waals surface area contributed by atoms with Crippen molar-refractivity contribution in [1.82, 2.24) is 9.62 Å². The van der Waals surface area contributed by atoms with Gasteiger partial charge in [-0.3, -0.25) is 0 Å². The molecule has 0 atom stereocenters. The Balaban J connectivity index is 1.84. The lowest BCUT2D eigenvalue weighted by Gasteiger charge is -2.20. The van der Waals surface area contributed by atoms with Crippen LogP contribution < -0.4 is 10.6 Å². The van der Waals surface area contributed by atoms with Gasteiger partial charge in [0.05, 0.1) is 6.26 Å². The zero-order chi connectivity index (χ0) is 19.0. The maximum Gasteiger partial charge on any atom is 0.319 e. The number of urea groups is 1. The Labute approximate surface area is 153 Å². The van der Waals surface area contributed by atoms with E-state index in [0.717, 1.165) is 6.26 Å². The van der Waals surface area contributed by atoms with E-state index < -0.39 is 16.1 Å². The van der Waals surface area contributed by atoms with Gasteiger partial charge in [0.1, 0.15) is 5.82 Å². The summed E-state index contributed by atoms with van der Waals surface area (Å²) in [6.45, 7) is 0.389. The molecule has 0 aromatic heterocycles. The number of anilines is 1. The van der Waals surface area contributed by atoms with Crippen LogP contribution in [0, 0.1) is 5.82 Å². The number of nitrogens with zero attached hydrogens (tertiary/aromatic N) is 1. The molecule has 2 N–H and O–H groups in total. The fourth-order valence-electron chi connectivity index (χ4n) is 2.38. The van der Waals surface area contributed by atoms with Crippen LogP contribution in [0.2, 0.25) is 0 Å². The molecule has 0 unspecified atom stereocenters. The second-order valence-electron chi connectivity index (χ2n) is 5.75. The molecule has 2 amide bonds. The van der Waals surface area contributed by atoms with Gasteiger partial charge in [-0.15, -0.1) is 0 Å². The maximum atomic E-state index is 13.7. The number of nitrogens with one attached hydrogen (secondary N) is 2. The first kappa shape index (κ1) is 19.9. The molecule has 2 rings (SSSR count). The van der Waals surface area contributed by atoms with Crippen molar-refractivity contribution < 1.29 is 17.6 Å². The third-order valence-electron chi connectivity index (χ3n) is 3.74. The van der Waals surface area contributed by atoms with E-state index in [1.54, 1.807) is 42.5 Å². The van der Waals surface area contributed by atoms with E-state index in [1.807, 2.05) is 6.07 Å². The van der Waals surface area contributed by atoms with Crippen LogP contribution in [0.5, 0.6) is 0 Å². The highest BCUT2D eigenvalue weighted by Crippen LogP contribution is 2.09. The van der Waals surface area contributed by atoms with Gasteiger partial charge < -0.3 is 10.6 Å². The minimum Gasteiger partial charge on any atom is -0.337 e. The lowest BCUT2D eigenvalue weighted by atomic mass is 10.1. The number of hydrogen-bond donors (Lipinski definition) is 2. The van der Waals surface area contributed by atoms with E-state index in [9.17, 15) is 17.6 Å². The normalized spacial score (nSPS) is 11.3. The molecule has 0 saturated carbocycles. The second kappa shape index (κ2) is 9.30. The van der Waals surface area contributed by atoms with Crippen LogP contribution >= 0.6 is 0 Å². The largest absolute Gasteiger partial charge is 0.337 e. The van der Waals surface area contributed by atoms with E-state index in [4.69, 9.17) is 0 Å². The van der Waals surface area contributed by atoms with Gasteiger partial charge >= 0.3 is 6.03 Å². The maximum absolute atomic E-state index is 13.7. The molecule has 0 aliphatic carbocycles. The number of halogens is 1. The van der Waals surface area contributed by atoms with Crippen molar-refractivity contribution >= 4 is 21.7 Å². The number of para-hydroxylation sites is 1. The summed E-state index contributed by atoms with van der Waals surface area (Å²) < 4.78 is 38.7. The Morgan fingerprint density at radius 1 is 1.04 bits per heavy atom. The summed E-state index contributed by atoms with van der Waals surface area (Å²) in [7, 11) is -3.47. The molecule has 2 aromatic rings. The van der Waals surface area contributed by atoms with Crippen molar-refractivity contribution in [3.8, 4) is 0 Å². The fourth-order valence-corrected chi connectivity index (χ4v) is 3.23. The summed E-state index contributed by atoms with van der Waals surface area (Å²) in [5.41, 5.74) is 1.10. The quantitative estimate of drug-likeness (QED) is 0.740. The number of rotatable bonds is 8. The van der Waals surface area contributed by atoms with Gasteiger partial charge in [0.2, 0.25) is 10.0 Å². The molecule has 0 aliphatic rings. The summed E-state index contributed by atoms with van der Waals surface area (Å²) >= 11 is 0. The molecule has 2 aromatic carbocycles. The number of carbonyl (C=O) groups excluding carboxylic acids is 1. The molecule has 0 heterocycles. The van der Waals surface area contributed by atoms with Crippen molar-refractivity contribution in [3.63, 3.8) is 0 Å². The number of sulfonamides is 1. The molecule has 0 saturated heterocycles. The SMILES string of the molecule is CS(=O)(=O)N(CCNC(=O)Nc1ccccc1)CCc1ccccc1F. The van der Waals surface area contributed by atoms with Crippen LogP contribution in [-0.4, -0.2) is 44.6 Å². The van der Waals surface area contributed by atoms with Crippen LogP contribution in [0.1, 0.15) is 5.56 Å². The molecule has 0 bridgehead atoms. The Morgan fingerprint density at radius 3 is 2.35 bits per heavy atom. The second-order valence-corrected chi connectivity index (χ2v) is 7.73. The smallest absolute Gasteiger partial charge is 0.319 e. The molecule has 26 heavy (non-hydrogen) atoms. The molecule has 0 radical (unpaired) electrons. The van der Waals surface area contributed by atoms with Gasteiger partial charge in [-0.2, -0.15) is 0 Å². The summed E-state index contributed by atoms with van der Waals surface area (Å²) in [5.74, 6) is -0.360. The number of amides is 2.